The maximum absolute atomic E-state index is 10.4. The second-order valence-electron chi connectivity index (χ2n) is 5.95. The number of hydrogen-bond acceptors (Lipinski definition) is 2. The van der Waals surface area contributed by atoms with Gasteiger partial charge in [0.1, 0.15) is 0 Å². The van der Waals surface area contributed by atoms with Gasteiger partial charge in [0, 0.05) is 0 Å². The van der Waals surface area contributed by atoms with Crippen LogP contribution in [0, 0.1) is 17.8 Å². The van der Waals surface area contributed by atoms with Gasteiger partial charge in [0.15, 0.2) is 0 Å². The van der Waals surface area contributed by atoms with Gasteiger partial charge in [-0.3, -0.25) is 0 Å². The topological polar surface area (TPSA) is 29.5 Å². The van der Waals surface area contributed by atoms with Gasteiger partial charge in [-0.25, -0.2) is 0 Å². The van der Waals surface area contributed by atoms with Gasteiger partial charge in [0.2, 0.25) is 0 Å². The first-order valence-corrected chi connectivity index (χ1v) is 6.69. The van der Waals surface area contributed by atoms with E-state index in [0.717, 1.165) is 24.0 Å². The van der Waals surface area contributed by atoms with Crippen molar-refractivity contribution < 1.29 is 9.84 Å². The van der Waals surface area contributed by atoms with E-state index < -0.39 is 0 Å². The zero-order chi connectivity index (χ0) is 11.4. The number of hydrogen-bond donors (Lipinski definition) is 1. The van der Waals surface area contributed by atoms with Crippen LogP contribution in [0.2, 0.25) is 0 Å². The van der Waals surface area contributed by atoms with Crippen LogP contribution in [0.25, 0.3) is 0 Å². The van der Waals surface area contributed by atoms with Crippen molar-refractivity contribution in [1.29, 1.82) is 0 Å². The molecule has 90 valence electrons. The molecule has 0 bridgehead atoms. The Hall–Kier alpha value is -0.860. The molecule has 2 fully saturated rings. The van der Waals surface area contributed by atoms with Crippen LogP contribution in [0.1, 0.15) is 42.1 Å². The van der Waals surface area contributed by atoms with E-state index in [1.165, 1.54) is 30.4 Å². The zero-order valence-electron chi connectivity index (χ0n) is 9.93. The molecule has 1 aromatic carbocycles. The molecule has 3 atom stereocenters. The highest BCUT2D eigenvalue weighted by Gasteiger charge is 2.47. The van der Waals surface area contributed by atoms with E-state index in [1.807, 2.05) is 0 Å². The lowest BCUT2D eigenvalue weighted by molar-refractivity contribution is 0.104. The molecule has 0 saturated heterocycles. The van der Waals surface area contributed by atoms with Crippen LogP contribution < -0.4 is 0 Å². The second-order valence-corrected chi connectivity index (χ2v) is 5.95. The number of benzene rings is 1. The largest absolute Gasteiger partial charge is 0.388 e. The van der Waals surface area contributed by atoms with Gasteiger partial charge in [-0.1, -0.05) is 18.2 Å². The monoisotopic (exact) mass is 230 g/mol. The summed E-state index contributed by atoms with van der Waals surface area (Å²) >= 11 is 0. The van der Waals surface area contributed by atoms with Gasteiger partial charge >= 0.3 is 0 Å². The minimum atomic E-state index is -0.256. The maximum atomic E-state index is 10.4. The predicted octanol–water partition coefficient (Wildman–Crippen LogP) is 2.80. The standard InChI is InChI=1S/C15H18O2/c16-15(13-5-11-4-12(11)6-13)9-1-2-10-7-17-8-14(10)3-9/h1-3,11-13,15-16H,4-8H2. The Bertz CT molecular complexity index is 444. The summed E-state index contributed by atoms with van der Waals surface area (Å²) < 4.78 is 5.42. The lowest BCUT2D eigenvalue weighted by Gasteiger charge is -2.20. The third kappa shape index (κ3) is 1.62. The molecule has 1 heterocycles. The quantitative estimate of drug-likeness (QED) is 0.846. The first-order chi connectivity index (χ1) is 8.31. The van der Waals surface area contributed by atoms with Crippen molar-refractivity contribution in [2.45, 2.75) is 38.6 Å². The Morgan fingerprint density at radius 3 is 2.65 bits per heavy atom. The SMILES string of the molecule is OC(c1ccc2c(c1)COC2)C1CC2CC2C1. The number of fused-ring (bicyclic) bond motifs is 2. The summed E-state index contributed by atoms with van der Waals surface area (Å²) in [6.45, 7) is 1.45. The van der Waals surface area contributed by atoms with E-state index in [0.29, 0.717) is 12.5 Å². The van der Waals surface area contributed by atoms with E-state index in [2.05, 4.69) is 18.2 Å². The van der Waals surface area contributed by atoms with E-state index in [1.54, 1.807) is 0 Å². The fourth-order valence-corrected chi connectivity index (χ4v) is 3.67. The molecule has 1 aromatic rings. The summed E-state index contributed by atoms with van der Waals surface area (Å²) in [6, 6.07) is 6.36. The minimum absolute atomic E-state index is 0.256. The average molecular weight is 230 g/mol. The molecule has 4 rings (SSSR count). The first-order valence-electron chi connectivity index (χ1n) is 6.69. The fraction of sp³-hybridized carbons (Fsp3) is 0.600. The van der Waals surface area contributed by atoms with Crippen molar-refractivity contribution in [3.8, 4) is 0 Å². The van der Waals surface area contributed by atoms with Crippen LogP contribution in [0.5, 0.6) is 0 Å². The Morgan fingerprint density at radius 2 is 1.82 bits per heavy atom. The van der Waals surface area contributed by atoms with Gasteiger partial charge < -0.3 is 9.84 Å². The van der Waals surface area contributed by atoms with Crippen molar-refractivity contribution >= 4 is 0 Å². The van der Waals surface area contributed by atoms with E-state index in [-0.39, 0.29) is 6.10 Å². The fourth-order valence-electron chi connectivity index (χ4n) is 3.67. The van der Waals surface area contributed by atoms with Crippen LogP contribution in [0.4, 0.5) is 0 Å². The van der Waals surface area contributed by atoms with Crippen molar-refractivity contribution in [3.63, 3.8) is 0 Å². The normalized spacial score (nSPS) is 35.5. The molecule has 0 radical (unpaired) electrons. The summed E-state index contributed by atoms with van der Waals surface area (Å²) in [7, 11) is 0. The summed E-state index contributed by atoms with van der Waals surface area (Å²) in [6.07, 6.45) is 3.63. The van der Waals surface area contributed by atoms with E-state index in [9.17, 15) is 5.11 Å². The molecule has 0 aromatic heterocycles. The number of rotatable bonds is 2. The summed E-state index contributed by atoms with van der Waals surface area (Å²) in [5.74, 6) is 2.37. The van der Waals surface area contributed by atoms with E-state index in [4.69, 9.17) is 4.74 Å². The molecule has 2 saturated carbocycles. The summed E-state index contributed by atoms with van der Waals surface area (Å²) in [4.78, 5) is 0. The molecule has 2 aliphatic carbocycles. The Morgan fingerprint density at radius 1 is 1.06 bits per heavy atom. The highest BCUT2D eigenvalue weighted by molar-refractivity contribution is 5.34. The summed E-state index contributed by atoms with van der Waals surface area (Å²) in [5, 5.41) is 10.4. The highest BCUT2D eigenvalue weighted by Crippen LogP contribution is 2.57. The van der Waals surface area contributed by atoms with Gasteiger partial charge in [0.05, 0.1) is 19.3 Å². The van der Waals surface area contributed by atoms with Gasteiger partial charge in [0.25, 0.3) is 0 Å². The Labute approximate surface area is 102 Å². The highest BCUT2D eigenvalue weighted by atomic mass is 16.5. The van der Waals surface area contributed by atoms with Crippen molar-refractivity contribution in [2.24, 2.45) is 17.8 Å². The Kier molecular flexibility index (Phi) is 2.12. The van der Waals surface area contributed by atoms with Crippen LogP contribution in [-0.4, -0.2) is 5.11 Å². The van der Waals surface area contributed by atoms with Crippen LogP contribution in [0.15, 0.2) is 18.2 Å². The van der Waals surface area contributed by atoms with Gasteiger partial charge in [-0.05, 0) is 53.7 Å². The minimum Gasteiger partial charge on any atom is -0.388 e. The smallest absolute Gasteiger partial charge is 0.0818 e. The average Bonchev–Trinajstić information content (AvgIpc) is 2.82. The van der Waals surface area contributed by atoms with Crippen LogP contribution >= 0.6 is 0 Å². The maximum Gasteiger partial charge on any atom is 0.0818 e. The van der Waals surface area contributed by atoms with Crippen molar-refractivity contribution in [1.82, 2.24) is 0 Å². The Balaban J connectivity index is 1.57. The van der Waals surface area contributed by atoms with Crippen LogP contribution in [-0.2, 0) is 18.0 Å². The lowest BCUT2D eigenvalue weighted by Crippen LogP contribution is -2.11. The molecule has 2 nitrogen and oxygen atoms in total. The van der Waals surface area contributed by atoms with Gasteiger partial charge in [-0.15, -0.1) is 0 Å². The molecule has 2 heteroatoms. The van der Waals surface area contributed by atoms with Crippen LogP contribution in [0.3, 0.4) is 0 Å². The zero-order valence-corrected chi connectivity index (χ0v) is 9.93. The molecule has 1 N–H and O–H groups in total. The number of ether oxygens (including phenoxy) is 1. The molecule has 1 aliphatic heterocycles. The number of aliphatic hydroxyl groups is 1. The third-order valence-corrected chi connectivity index (χ3v) is 4.81. The second kappa shape index (κ2) is 3.56. The van der Waals surface area contributed by atoms with Crippen molar-refractivity contribution in [2.75, 3.05) is 0 Å². The van der Waals surface area contributed by atoms with Crippen molar-refractivity contribution in [3.05, 3.63) is 34.9 Å². The molecular weight excluding hydrogens is 212 g/mol. The lowest BCUT2D eigenvalue weighted by atomic mass is 9.90. The predicted molar refractivity (Wildman–Crippen MR) is 64.2 cm³/mol. The van der Waals surface area contributed by atoms with Gasteiger partial charge in [-0.2, -0.15) is 0 Å². The molecule has 0 spiro atoms. The molecule has 0 amide bonds. The van der Waals surface area contributed by atoms with E-state index >= 15 is 0 Å². The summed E-state index contributed by atoms with van der Waals surface area (Å²) in [5.41, 5.74) is 3.65. The third-order valence-electron chi connectivity index (χ3n) is 4.81. The number of aliphatic hydroxyl groups excluding tert-OH is 1. The molecule has 3 aliphatic rings. The first kappa shape index (κ1) is 10.1. The molecule has 17 heavy (non-hydrogen) atoms. The molecule has 3 unspecified atom stereocenters. The molecular formula is C15H18O2.